The molecule has 1 aromatic rings. The van der Waals surface area contributed by atoms with Crippen molar-refractivity contribution in [3.63, 3.8) is 0 Å². The maximum atomic E-state index is 11.9. The number of rotatable bonds is 2. The van der Waals surface area contributed by atoms with Gasteiger partial charge in [-0.05, 0) is 11.1 Å². The maximum absolute atomic E-state index is 11.9. The van der Waals surface area contributed by atoms with Gasteiger partial charge in [-0.25, -0.2) is 0 Å². The first kappa shape index (κ1) is 10.7. The Morgan fingerprint density at radius 2 is 2.06 bits per heavy atom. The van der Waals surface area contributed by atoms with Gasteiger partial charge in [-0.1, -0.05) is 24.3 Å². The van der Waals surface area contributed by atoms with Crippen molar-refractivity contribution in [3.8, 4) is 0 Å². The van der Waals surface area contributed by atoms with Crippen LogP contribution in [0.1, 0.15) is 11.1 Å². The molecule has 1 unspecified atom stereocenters. The normalized spacial score (nSPS) is 19.9. The third-order valence-electron chi connectivity index (χ3n) is 2.89. The fourth-order valence-corrected chi connectivity index (χ4v) is 2.03. The standard InChI is InChI=1S/C12H14N2O2/c1-14-7-10-5-3-2-4-9(10)6-11(12(14)16)13-8-15/h2-5,8,11H,6-7H2,1H3,(H,13,15). The van der Waals surface area contributed by atoms with Gasteiger partial charge in [-0.2, -0.15) is 0 Å². The summed E-state index contributed by atoms with van der Waals surface area (Å²) in [5.41, 5.74) is 2.27. The van der Waals surface area contributed by atoms with E-state index in [2.05, 4.69) is 5.32 Å². The molecule has 1 heterocycles. The van der Waals surface area contributed by atoms with Gasteiger partial charge in [0.25, 0.3) is 0 Å². The van der Waals surface area contributed by atoms with Crippen molar-refractivity contribution < 1.29 is 9.59 Å². The van der Waals surface area contributed by atoms with Crippen LogP contribution in [0, 0.1) is 0 Å². The molecule has 1 aliphatic rings. The third kappa shape index (κ3) is 1.91. The molecule has 16 heavy (non-hydrogen) atoms. The minimum absolute atomic E-state index is 0.0386. The van der Waals surface area contributed by atoms with Crippen LogP contribution in [-0.4, -0.2) is 30.3 Å². The van der Waals surface area contributed by atoms with Gasteiger partial charge in [-0.15, -0.1) is 0 Å². The van der Waals surface area contributed by atoms with Crippen LogP contribution < -0.4 is 5.32 Å². The van der Waals surface area contributed by atoms with Crippen LogP contribution in [0.3, 0.4) is 0 Å². The highest BCUT2D eigenvalue weighted by Crippen LogP contribution is 2.18. The number of carbonyl (C=O) groups excluding carboxylic acids is 2. The maximum Gasteiger partial charge on any atom is 0.245 e. The Morgan fingerprint density at radius 1 is 1.38 bits per heavy atom. The van der Waals surface area contributed by atoms with Crippen LogP contribution >= 0.6 is 0 Å². The van der Waals surface area contributed by atoms with E-state index in [1.54, 1.807) is 11.9 Å². The fourth-order valence-electron chi connectivity index (χ4n) is 2.03. The van der Waals surface area contributed by atoms with Crippen LogP contribution in [0.5, 0.6) is 0 Å². The lowest BCUT2D eigenvalue weighted by Crippen LogP contribution is -2.43. The lowest BCUT2D eigenvalue weighted by Gasteiger charge is -2.18. The van der Waals surface area contributed by atoms with E-state index >= 15 is 0 Å². The van der Waals surface area contributed by atoms with E-state index in [1.165, 1.54) is 0 Å². The SMILES string of the molecule is CN1Cc2ccccc2CC(NC=O)C1=O. The number of carbonyl (C=O) groups is 2. The van der Waals surface area contributed by atoms with Crippen LogP contribution in [0.2, 0.25) is 0 Å². The molecule has 0 aromatic heterocycles. The summed E-state index contributed by atoms with van der Waals surface area (Å²) in [6.45, 7) is 0.603. The molecule has 2 amide bonds. The van der Waals surface area contributed by atoms with E-state index < -0.39 is 6.04 Å². The first-order valence-corrected chi connectivity index (χ1v) is 5.24. The van der Waals surface area contributed by atoms with Crippen molar-refractivity contribution in [1.29, 1.82) is 0 Å². The number of benzene rings is 1. The zero-order valence-corrected chi connectivity index (χ0v) is 9.14. The molecule has 0 bridgehead atoms. The topological polar surface area (TPSA) is 49.4 Å². The summed E-state index contributed by atoms with van der Waals surface area (Å²) in [5, 5.41) is 2.57. The zero-order chi connectivity index (χ0) is 11.5. The van der Waals surface area contributed by atoms with Gasteiger partial charge in [0.2, 0.25) is 12.3 Å². The molecule has 4 heteroatoms. The van der Waals surface area contributed by atoms with Gasteiger partial charge < -0.3 is 10.2 Å². The number of nitrogens with zero attached hydrogens (tertiary/aromatic N) is 1. The predicted octanol–water partition coefficient (Wildman–Crippen LogP) is 0.316. The molecule has 0 radical (unpaired) electrons. The van der Waals surface area contributed by atoms with Crippen LogP contribution in [0.25, 0.3) is 0 Å². The van der Waals surface area contributed by atoms with Gasteiger partial charge in [0.15, 0.2) is 0 Å². The number of hydrogen-bond donors (Lipinski definition) is 1. The largest absolute Gasteiger partial charge is 0.347 e. The Morgan fingerprint density at radius 3 is 2.75 bits per heavy atom. The number of likely N-dealkylation sites (N-methyl/N-ethyl adjacent to an activating group) is 1. The molecule has 0 saturated carbocycles. The monoisotopic (exact) mass is 218 g/mol. The highest BCUT2D eigenvalue weighted by molar-refractivity contribution is 5.84. The van der Waals surface area contributed by atoms with E-state index in [-0.39, 0.29) is 5.91 Å². The Hall–Kier alpha value is -1.84. The van der Waals surface area contributed by atoms with Crippen molar-refractivity contribution in [1.82, 2.24) is 10.2 Å². The van der Waals surface area contributed by atoms with Gasteiger partial charge in [0, 0.05) is 20.0 Å². The lowest BCUT2D eigenvalue weighted by atomic mass is 10.0. The van der Waals surface area contributed by atoms with Crippen LogP contribution in [-0.2, 0) is 22.6 Å². The third-order valence-corrected chi connectivity index (χ3v) is 2.89. The van der Waals surface area contributed by atoms with Crippen LogP contribution in [0.15, 0.2) is 24.3 Å². The molecule has 0 aliphatic carbocycles. The summed E-state index contributed by atoms with van der Waals surface area (Å²) in [4.78, 5) is 24.0. The Labute approximate surface area is 94.2 Å². The predicted molar refractivity (Wildman–Crippen MR) is 59.6 cm³/mol. The van der Waals surface area contributed by atoms with Crippen molar-refractivity contribution in [2.75, 3.05) is 7.05 Å². The second-order valence-corrected chi connectivity index (χ2v) is 4.00. The van der Waals surface area contributed by atoms with Gasteiger partial charge in [0.05, 0.1) is 0 Å². The summed E-state index contributed by atoms with van der Waals surface area (Å²) in [6, 6.07) is 7.49. The van der Waals surface area contributed by atoms with Crippen molar-refractivity contribution in [3.05, 3.63) is 35.4 Å². The molecule has 2 rings (SSSR count). The molecule has 1 N–H and O–H groups in total. The minimum atomic E-state index is -0.439. The van der Waals surface area contributed by atoms with Crippen molar-refractivity contribution in [2.24, 2.45) is 0 Å². The second-order valence-electron chi connectivity index (χ2n) is 4.00. The molecule has 1 atom stereocenters. The summed E-state index contributed by atoms with van der Waals surface area (Å²) in [7, 11) is 1.75. The zero-order valence-electron chi connectivity index (χ0n) is 9.14. The number of fused-ring (bicyclic) bond motifs is 1. The molecular formula is C12H14N2O2. The molecule has 84 valence electrons. The van der Waals surface area contributed by atoms with E-state index in [0.29, 0.717) is 19.4 Å². The highest BCUT2D eigenvalue weighted by atomic mass is 16.2. The summed E-state index contributed by atoms with van der Waals surface area (Å²) in [5.74, 6) is -0.0386. The van der Waals surface area contributed by atoms with Crippen LogP contribution in [0.4, 0.5) is 0 Å². The fraction of sp³-hybridized carbons (Fsp3) is 0.333. The Bertz CT molecular complexity index is 417. The highest BCUT2D eigenvalue weighted by Gasteiger charge is 2.26. The molecule has 4 nitrogen and oxygen atoms in total. The summed E-state index contributed by atoms with van der Waals surface area (Å²) >= 11 is 0. The number of hydrogen-bond acceptors (Lipinski definition) is 2. The second kappa shape index (κ2) is 4.35. The smallest absolute Gasteiger partial charge is 0.245 e. The first-order chi connectivity index (χ1) is 7.72. The van der Waals surface area contributed by atoms with Gasteiger partial charge in [-0.3, -0.25) is 9.59 Å². The van der Waals surface area contributed by atoms with E-state index in [0.717, 1.165) is 11.1 Å². The molecule has 0 spiro atoms. The van der Waals surface area contributed by atoms with E-state index in [9.17, 15) is 9.59 Å². The number of nitrogens with one attached hydrogen (secondary N) is 1. The van der Waals surface area contributed by atoms with Gasteiger partial charge >= 0.3 is 0 Å². The lowest BCUT2D eigenvalue weighted by molar-refractivity contribution is -0.133. The molecule has 1 aromatic carbocycles. The minimum Gasteiger partial charge on any atom is -0.347 e. The number of amides is 2. The Balaban J connectivity index is 2.33. The first-order valence-electron chi connectivity index (χ1n) is 5.24. The van der Waals surface area contributed by atoms with Crippen molar-refractivity contribution >= 4 is 12.3 Å². The average Bonchev–Trinajstić information content (AvgIpc) is 2.40. The quantitative estimate of drug-likeness (QED) is 0.727. The molecule has 0 saturated heterocycles. The summed E-state index contributed by atoms with van der Waals surface area (Å²) < 4.78 is 0. The Kier molecular flexibility index (Phi) is 2.90. The van der Waals surface area contributed by atoms with E-state index in [4.69, 9.17) is 0 Å². The van der Waals surface area contributed by atoms with E-state index in [1.807, 2.05) is 24.3 Å². The van der Waals surface area contributed by atoms with Gasteiger partial charge in [0.1, 0.15) is 6.04 Å². The molecular weight excluding hydrogens is 204 g/mol. The average molecular weight is 218 g/mol. The molecule has 0 fully saturated rings. The molecule has 1 aliphatic heterocycles. The van der Waals surface area contributed by atoms with Crippen molar-refractivity contribution in [2.45, 2.75) is 19.0 Å². The summed E-state index contributed by atoms with van der Waals surface area (Å²) in [6.07, 6.45) is 1.16.